The average molecular weight is 392 g/mol. The Morgan fingerprint density at radius 1 is 1.21 bits per heavy atom. The smallest absolute Gasteiger partial charge is 0.315 e. The van der Waals surface area contributed by atoms with Gasteiger partial charge in [-0.1, -0.05) is 20.8 Å². The maximum atomic E-state index is 12.7. The number of hydrogen-bond donors (Lipinski definition) is 2. The van der Waals surface area contributed by atoms with E-state index in [1.54, 1.807) is 14.2 Å². The van der Waals surface area contributed by atoms with Crippen LogP contribution in [-0.4, -0.2) is 49.8 Å². The number of methoxy groups -OCH3 is 2. The number of hydrogen-bond acceptors (Lipinski definition) is 4. The van der Waals surface area contributed by atoms with Crippen molar-refractivity contribution in [1.29, 1.82) is 0 Å². The zero-order valence-electron chi connectivity index (χ0n) is 18.7. The largest absolute Gasteiger partial charge is 0.493 e. The summed E-state index contributed by atoms with van der Waals surface area (Å²) in [6, 6.07) is 4.09. The second-order valence-corrected chi connectivity index (χ2v) is 8.85. The minimum Gasteiger partial charge on any atom is -0.493 e. The Balaban J connectivity index is 2.45. The van der Waals surface area contributed by atoms with Crippen molar-refractivity contribution in [3.8, 4) is 11.5 Å². The molecule has 1 aliphatic rings. The molecule has 1 aromatic rings. The number of benzene rings is 1. The fourth-order valence-corrected chi connectivity index (χ4v) is 3.94. The van der Waals surface area contributed by atoms with Crippen molar-refractivity contribution in [3.63, 3.8) is 0 Å². The molecule has 0 saturated carbocycles. The third-order valence-electron chi connectivity index (χ3n) is 5.28. The predicted octanol–water partition coefficient (Wildman–Crippen LogP) is 3.75. The SMILES string of the molecule is CCN1CCc2cc(OC)c(OC)cc2[C@@H]1[C@H](NC(=O)NC(C)(C)C)C(C)C. The van der Waals surface area contributed by atoms with Crippen LogP contribution in [0.5, 0.6) is 11.5 Å². The Morgan fingerprint density at radius 2 is 1.82 bits per heavy atom. The highest BCUT2D eigenvalue weighted by Gasteiger charge is 2.36. The van der Waals surface area contributed by atoms with Crippen LogP contribution < -0.4 is 20.1 Å². The fraction of sp³-hybridized carbons (Fsp3) is 0.682. The molecule has 2 rings (SSSR count). The minimum atomic E-state index is -0.281. The number of likely N-dealkylation sites (N-methyl/N-ethyl adjacent to an activating group) is 1. The number of carbonyl (C=O) groups excluding carboxylic acids is 1. The summed E-state index contributed by atoms with van der Waals surface area (Å²) in [5.74, 6) is 1.75. The molecule has 0 fully saturated rings. The van der Waals surface area contributed by atoms with Gasteiger partial charge in [0, 0.05) is 12.1 Å². The first-order valence-corrected chi connectivity index (χ1v) is 10.2. The van der Waals surface area contributed by atoms with Gasteiger partial charge in [0.15, 0.2) is 11.5 Å². The van der Waals surface area contributed by atoms with Crippen LogP contribution in [0, 0.1) is 5.92 Å². The lowest BCUT2D eigenvalue weighted by atomic mass is 9.83. The number of amides is 2. The van der Waals surface area contributed by atoms with E-state index in [0.29, 0.717) is 0 Å². The molecule has 0 aliphatic carbocycles. The Hall–Kier alpha value is -1.95. The van der Waals surface area contributed by atoms with Crippen molar-refractivity contribution in [3.05, 3.63) is 23.3 Å². The standard InChI is InChI=1S/C22H37N3O3/c1-9-25-11-10-15-12-17(27-7)18(28-8)13-16(15)20(25)19(14(2)3)23-21(26)24-22(4,5)6/h12-14,19-20H,9-11H2,1-8H3,(H2,23,24,26)/t19-,20-/m1/s1. The molecule has 28 heavy (non-hydrogen) atoms. The van der Waals surface area contributed by atoms with Gasteiger partial charge in [0.2, 0.25) is 0 Å². The molecule has 0 unspecified atom stereocenters. The maximum Gasteiger partial charge on any atom is 0.315 e. The third-order valence-corrected chi connectivity index (χ3v) is 5.28. The Morgan fingerprint density at radius 3 is 2.32 bits per heavy atom. The molecular weight excluding hydrogens is 354 g/mol. The van der Waals surface area contributed by atoms with Crippen molar-refractivity contribution in [2.75, 3.05) is 27.3 Å². The molecule has 2 N–H and O–H groups in total. The number of carbonyl (C=O) groups is 1. The molecule has 1 heterocycles. The molecule has 2 amide bonds. The highest BCUT2D eigenvalue weighted by Crippen LogP contribution is 2.40. The summed E-state index contributed by atoms with van der Waals surface area (Å²) in [6.45, 7) is 14.3. The quantitative estimate of drug-likeness (QED) is 0.775. The molecule has 0 saturated heterocycles. The van der Waals surface area contributed by atoms with Crippen LogP contribution in [0.1, 0.15) is 58.7 Å². The molecular formula is C22H37N3O3. The summed E-state index contributed by atoms with van der Waals surface area (Å²) in [4.78, 5) is 15.1. The van der Waals surface area contributed by atoms with Crippen LogP contribution in [0.25, 0.3) is 0 Å². The zero-order valence-corrected chi connectivity index (χ0v) is 18.7. The summed E-state index contributed by atoms with van der Waals surface area (Å²) in [7, 11) is 3.33. The summed E-state index contributed by atoms with van der Waals surface area (Å²) < 4.78 is 11.1. The Bertz CT molecular complexity index is 682. The molecule has 0 bridgehead atoms. The molecule has 2 atom stereocenters. The molecule has 1 aromatic carbocycles. The van der Waals surface area contributed by atoms with E-state index in [9.17, 15) is 4.79 Å². The highest BCUT2D eigenvalue weighted by atomic mass is 16.5. The lowest BCUT2D eigenvalue weighted by molar-refractivity contribution is 0.131. The lowest BCUT2D eigenvalue weighted by Gasteiger charge is -2.43. The van der Waals surface area contributed by atoms with Crippen LogP contribution in [0.2, 0.25) is 0 Å². The number of nitrogens with one attached hydrogen (secondary N) is 2. The zero-order chi connectivity index (χ0) is 21.1. The molecule has 6 nitrogen and oxygen atoms in total. The summed E-state index contributed by atoms with van der Waals surface area (Å²) >= 11 is 0. The van der Waals surface area contributed by atoms with Crippen molar-refractivity contribution < 1.29 is 14.3 Å². The first-order valence-electron chi connectivity index (χ1n) is 10.2. The lowest BCUT2D eigenvalue weighted by Crippen LogP contribution is -2.56. The van der Waals surface area contributed by atoms with Crippen LogP contribution in [0.3, 0.4) is 0 Å². The van der Waals surface area contributed by atoms with Gasteiger partial charge >= 0.3 is 6.03 Å². The Kier molecular flexibility index (Phi) is 7.21. The minimum absolute atomic E-state index is 0.0283. The first-order chi connectivity index (χ1) is 13.1. The van der Waals surface area contributed by atoms with Gasteiger partial charge < -0.3 is 20.1 Å². The Labute approximate surface area is 170 Å². The van der Waals surface area contributed by atoms with Crippen molar-refractivity contribution in [1.82, 2.24) is 15.5 Å². The van der Waals surface area contributed by atoms with E-state index < -0.39 is 0 Å². The normalized spacial score (nSPS) is 18.4. The van der Waals surface area contributed by atoms with E-state index in [1.165, 1.54) is 11.1 Å². The highest BCUT2D eigenvalue weighted by molar-refractivity contribution is 5.75. The van der Waals surface area contributed by atoms with E-state index in [4.69, 9.17) is 9.47 Å². The molecule has 158 valence electrons. The summed E-state index contributed by atoms with van der Waals surface area (Å²) in [5, 5.41) is 6.28. The van der Waals surface area contributed by atoms with Crippen LogP contribution in [-0.2, 0) is 6.42 Å². The van der Waals surface area contributed by atoms with Gasteiger partial charge in [0.25, 0.3) is 0 Å². The van der Waals surface area contributed by atoms with Crippen LogP contribution in [0.15, 0.2) is 12.1 Å². The maximum absolute atomic E-state index is 12.7. The molecule has 0 radical (unpaired) electrons. The van der Waals surface area contributed by atoms with Crippen LogP contribution >= 0.6 is 0 Å². The van der Waals surface area contributed by atoms with Gasteiger partial charge in [-0.25, -0.2) is 4.79 Å². The second kappa shape index (κ2) is 9.03. The molecule has 6 heteroatoms. The number of nitrogens with zero attached hydrogens (tertiary/aromatic N) is 1. The second-order valence-electron chi connectivity index (χ2n) is 8.85. The first kappa shape index (κ1) is 22.3. The van der Waals surface area contributed by atoms with Gasteiger partial charge in [0.05, 0.1) is 26.3 Å². The van der Waals surface area contributed by atoms with E-state index in [1.807, 2.05) is 20.8 Å². The van der Waals surface area contributed by atoms with Gasteiger partial charge in [-0.3, -0.25) is 4.90 Å². The number of fused-ring (bicyclic) bond motifs is 1. The van der Waals surface area contributed by atoms with E-state index >= 15 is 0 Å². The monoisotopic (exact) mass is 391 g/mol. The number of urea groups is 1. The van der Waals surface area contributed by atoms with E-state index in [-0.39, 0.29) is 29.6 Å². The summed E-state index contributed by atoms with van der Waals surface area (Å²) in [5.41, 5.74) is 2.19. The van der Waals surface area contributed by atoms with Gasteiger partial charge in [-0.05, 0) is 62.9 Å². The predicted molar refractivity (Wildman–Crippen MR) is 113 cm³/mol. The van der Waals surface area contributed by atoms with Gasteiger partial charge in [0.1, 0.15) is 0 Å². The fourth-order valence-electron chi connectivity index (χ4n) is 3.94. The van der Waals surface area contributed by atoms with Crippen molar-refractivity contribution in [2.24, 2.45) is 5.92 Å². The molecule has 1 aliphatic heterocycles. The van der Waals surface area contributed by atoms with Gasteiger partial charge in [-0.15, -0.1) is 0 Å². The van der Waals surface area contributed by atoms with Crippen molar-refractivity contribution >= 4 is 6.03 Å². The average Bonchev–Trinajstić information content (AvgIpc) is 2.62. The van der Waals surface area contributed by atoms with E-state index in [0.717, 1.165) is 31.0 Å². The number of ether oxygens (including phenoxy) is 2. The van der Waals surface area contributed by atoms with Crippen molar-refractivity contribution in [2.45, 2.75) is 65.6 Å². The molecule has 0 spiro atoms. The van der Waals surface area contributed by atoms with Gasteiger partial charge in [-0.2, -0.15) is 0 Å². The van der Waals surface area contributed by atoms with Crippen LogP contribution in [0.4, 0.5) is 4.79 Å². The number of rotatable bonds is 6. The van der Waals surface area contributed by atoms with E-state index in [2.05, 4.69) is 48.4 Å². The summed E-state index contributed by atoms with van der Waals surface area (Å²) in [6.07, 6.45) is 0.957. The topological polar surface area (TPSA) is 62.8 Å². The third kappa shape index (κ3) is 5.10. The molecule has 0 aromatic heterocycles.